The van der Waals surface area contributed by atoms with Gasteiger partial charge in [0.1, 0.15) is 0 Å². The summed E-state index contributed by atoms with van der Waals surface area (Å²) in [6.45, 7) is 0. The first kappa shape index (κ1) is 5.35. The van der Waals surface area contributed by atoms with Crippen LogP contribution in [0.5, 0.6) is 0 Å². The zero-order chi connectivity index (χ0) is 6.81. The molecule has 0 amide bonds. The first-order chi connectivity index (χ1) is 4.97. The van der Waals surface area contributed by atoms with E-state index < -0.39 is 0 Å². The summed E-state index contributed by atoms with van der Waals surface area (Å²) in [5.74, 6) is 0. The van der Waals surface area contributed by atoms with Crippen molar-refractivity contribution in [3.63, 3.8) is 0 Å². The highest BCUT2D eigenvalue weighted by atomic mass is 15.4. The van der Waals surface area contributed by atoms with Crippen LogP contribution in [0.4, 0.5) is 0 Å². The summed E-state index contributed by atoms with van der Waals surface area (Å²) in [5.41, 5.74) is 9.01. The summed E-state index contributed by atoms with van der Waals surface area (Å²) >= 11 is 0. The van der Waals surface area contributed by atoms with Crippen LogP contribution in [-0.2, 0) is 0 Å². The van der Waals surface area contributed by atoms with Gasteiger partial charge in [-0.25, -0.2) is 0 Å². The Balaban J connectivity index is 2.36. The quantitative estimate of drug-likeness (QED) is 0.532. The van der Waals surface area contributed by atoms with Gasteiger partial charge in [-0.15, -0.1) is 0 Å². The van der Waals surface area contributed by atoms with E-state index in [0.717, 1.165) is 5.70 Å². The fraction of sp³-hybridized carbons (Fsp3) is 0. The fourth-order valence-corrected chi connectivity index (χ4v) is 0.970. The predicted molar refractivity (Wildman–Crippen MR) is 40.9 cm³/mol. The van der Waals surface area contributed by atoms with Crippen LogP contribution in [0.1, 0.15) is 0 Å². The number of nitrogens with one attached hydrogen (secondary N) is 1. The molecule has 1 aliphatic carbocycles. The Hall–Kier alpha value is -1.44. The van der Waals surface area contributed by atoms with Gasteiger partial charge < -0.3 is 10.9 Å². The van der Waals surface area contributed by atoms with Gasteiger partial charge in [-0.2, -0.15) is 6.20 Å². The molecule has 1 N–H and O–H groups in total. The Morgan fingerprint density at radius 1 is 1.10 bits per heavy atom. The van der Waals surface area contributed by atoms with E-state index >= 15 is 0 Å². The Bertz CT molecular complexity index is 242. The zero-order valence-corrected chi connectivity index (χ0v) is 5.41. The molecule has 2 nitrogen and oxygen atoms in total. The van der Waals surface area contributed by atoms with Crippen molar-refractivity contribution in [3.05, 3.63) is 53.3 Å². The summed E-state index contributed by atoms with van der Waals surface area (Å²) in [6.07, 6.45) is 11.8. The predicted octanol–water partition coefficient (Wildman–Crippen LogP) is 1.77. The van der Waals surface area contributed by atoms with E-state index in [1.165, 1.54) is 5.57 Å². The number of hydrogen-bond acceptors (Lipinski definition) is 1. The highest BCUT2D eigenvalue weighted by Crippen LogP contribution is 2.16. The van der Waals surface area contributed by atoms with Gasteiger partial charge in [0, 0.05) is 5.70 Å². The maximum atomic E-state index is 3.85. The molecule has 0 aromatic carbocycles. The smallest absolute Gasteiger partial charge is 0.0262 e. The zero-order valence-electron chi connectivity index (χ0n) is 5.41. The van der Waals surface area contributed by atoms with Crippen molar-refractivity contribution in [2.75, 3.05) is 0 Å². The van der Waals surface area contributed by atoms with E-state index in [4.69, 9.17) is 0 Å². The lowest BCUT2D eigenvalue weighted by molar-refractivity contribution is 1.10. The van der Waals surface area contributed by atoms with Crippen molar-refractivity contribution in [2.45, 2.75) is 0 Å². The van der Waals surface area contributed by atoms with E-state index in [1.807, 2.05) is 30.4 Å². The molecule has 10 heavy (non-hydrogen) atoms. The van der Waals surface area contributed by atoms with Gasteiger partial charge in [0.15, 0.2) is 0 Å². The van der Waals surface area contributed by atoms with Crippen molar-refractivity contribution in [1.29, 1.82) is 0 Å². The molecule has 0 radical (unpaired) electrons. The van der Waals surface area contributed by atoms with Crippen LogP contribution in [0.3, 0.4) is 0 Å². The van der Waals surface area contributed by atoms with Gasteiger partial charge >= 0.3 is 0 Å². The monoisotopic (exact) mass is 131 g/mol. The maximum absolute atomic E-state index is 3.85. The standard InChI is InChI=1S/C8H7N2/c1-2-4-7(3-1)8-5-6-9-10-8/h1-6,10H/q-1. The SMILES string of the molecule is C1=CC(=C2C=C[N-]N2)C=C1. The largest absolute Gasteiger partial charge is 0.604 e. The van der Waals surface area contributed by atoms with E-state index in [-0.39, 0.29) is 0 Å². The fourth-order valence-electron chi connectivity index (χ4n) is 0.970. The molecular weight excluding hydrogens is 124 g/mol. The van der Waals surface area contributed by atoms with Gasteiger partial charge in [-0.3, -0.25) is 0 Å². The van der Waals surface area contributed by atoms with Crippen LogP contribution in [-0.4, -0.2) is 0 Å². The van der Waals surface area contributed by atoms with Gasteiger partial charge in [0.05, 0.1) is 0 Å². The lowest BCUT2D eigenvalue weighted by Gasteiger charge is -2.11. The summed E-state index contributed by atoms with van der Waals surface area (Å²) in [4.78, 5) is 0. The molecule has 0 bridgehead atoms. The van der Waals surface area contributed by atoms with E-state index in [0.29, 0.717) is 0 Å². The third kappa shape index (κ3) is 0.739. The molecule has 0 fully saturated rings. The number of nitrogens with zero attached hydrogens (tertiary/aromatic N) is 1. The molecular formula is C8H7N2-. The molecule has 1 heterocycles. The Morgan fingerprint density at radius 3 is 2.50 bits per heavy atom. The Morgan fingerprint density at radius 2 is 1.90 bits per heavy atom. The number of rotatable bonds is 0. The van der Waals surface area contributed by atoms with Gasteiger partial charge in [-0.05, 0) is 5.57 Å². The molecule has 2 rings (SSSR count). The maximum Gasteiger partial charge on any atom is 0.0262 e. The molecule has 0 saturated carbocycles. The van der Waals surface area contributed by atoms with Crippen molar-refractivity contribution in [2.24, 2.45) is 0 Å². The molecule has 1 aliphatic heterocycles. The molecule has 2 heteroatoms. The second kappa shape index (κ2) is 2.06. The van der Waals surface area contributed by atoms with E-state index in [1.54, 1.807) is 6.20 Å². The molecule has 0 unspecified atom stereocenters. The minimum atomic E-state index is 1.07. The summed E-state index contributed by atoms with van der Waals surface area (Å²) in [6, 6.07) is 0. The van der Waals surface area contributed by atoms with Gasteiger partial charge in [0.25, 0.3) is 0 Å². The average molecular weight is 131 g/mol. The number of allylic oxidation sites excluding steroid dienone is 6. The lowest BCUT2D eigenvalue weighted by atomic mass is 10.2. The molecule has 50 valence electrons. The van der Waals surface area contributed by atoms with Crippen molar-refractivity contribution in [1.82, 2.24) is 5.43 Å². The summed E-state index contributed by atoms with van der Waals surface area (Å²) in [7, 11) is 0. The van der Waals surface area contributed by atoms with E-state index in [9.17, 15) is 0 Å². The van der Waals surface area contributed by atoms with E-state index in [2.05, 4.69) is 10.9 Å². The first-order valence-corrected chi connectivity index (χ1v) is 3.18. The highest BCUT2D eigenvalue weighted by molar-refractivity contribution is 5.48. The molecule has 0 saturated heterocycles. The minimum Gasteiger partial charge on any atom is -0.604 e. The van der Waals surface area contributed by atoms with Crippen molar-refractivity contribution >= 4 is 0 Å². The normalized spacial score (nSPS) is 20.0. The van der Waals surface area contributed by atoms with Crippen molar-refractivity contribution in [3.8, 4) is 0 Å². The second-order valence-corrected chi connectivity index (χ2v) is 2.14. The van der Waals surface area contributed by atoms with Crippen LogP contribution < -0.4 is 5.43 Å². The Kier molecular flexibility index (Phi) is 1.10. The lowest BCUT2D eigenvalue weighted by Crippen LogP contribution is -1.98. The van der Waals surface area contributed by atoms with Crippen LogP contribution in [0.25, 0.3) is 5.43 Å². The first-order valence-electron chi connectivity index (χ1n) is 3.18. The van der Waals surface area contributed by atoms with Gasteiger partial charge in [0.2, 0.25) is 0 Å². The second-order valence-electron chi connectivity index (χ2n) is 2.14. The van der Waals surface area contributed by atoms with Crippen LogP contribution >= 0.6 is 0 Å². The molecule has 2 aliphatic rings. The highest BCUT2D eigenvalue weighted by Gasteiger charge is 1.97. The van der Waals surface area contributed by atoms with Crippen LogP contribution in [0.15, 0.2) is 47.9 Å². The third-order valence-corrected chi connectivity index (χ3v) is 1.47. The number of hydrogen-bond donors (Lipinski definition) is 1. The Labute approximate surface area is 59.6 Å². The van der Waals surface area contributed by atoms with Crippen LogP contribution in [0.2, 0.25) is 0 Å². The average Bonchev–Trinajstić information content (AvgIpc) is 2.59. The minimum absolute atomic E-state index is 1.07. The van der Waals surface area contributed by atoms with Crippen molar-refractivity contribution < 1.29 is 0 Å². The van der Waals surface area contributed by atoms with Crippen LogP contribution in [0, 0.1) is 0 Å². The van der Waals surface area contributed by atoms with Gasteiger partial charge in [-0.1, -0.05) is 30.4 Å². The molecule has 0 spiro atoms. The molecule has 0 atom stereocenters. The summed E-state index contributed by atoms with van der Waals surface area (Å²) in [5, 5.41) is 0. The topological polar surface area (TPSA) is 26.1 Å². The summed E-state index contributed by atoms with van der Waals surface area (Å²) < 4.78 is 0. The third-order valence-electron chi connectivity index (χ3n) is 1.47. The molecule has 0 aromatic heterocycles. The molecule has 0 aromatic rings.